The standard InChI is InChI=1S/C20H17F4N3O/c1-11-4-5-12(2)18(8-11)27-13(3)17(10-25-27)26-19(28)15-7-6-14(21)9-16(15)20(22,23)24/h4-10H,1-3H3,(H,26,28). The Kier molecular flexibility index (Phi) is 4.97. The summed E-state index contributed by atoms with van der Waals surface area (Å²) in [5.41, 5.74) is 1.60. The number of amides is 1. The largest absolute Gasteiger partial charge is 0.417 e. The van der Waals surface area contributed by atoms with Crippen molar-refractivity contribution in [3.05, 3.63) is 76.4 Å². The number of aromatic nitrogens is 2. The lowest BCUT2D eigenvalue weighted by atomic mass is 10.1. The molecule has 0 aliphatic heterocycles. The first-order valence-corrected chi connectivity index (χ1v) is 8.38. The zero-order chi connectivity index (χ0) is 20.6. The van der Waals surface area contributed by atoms with Crippen molar-refractivity contribution in [2.45, 2.75) is 26.9 Å². The molecule has 4 nitrogen and oxygen atoms in total. The average Bonchev–Trinajstić information content (AvgIpc) is 2.96. The highest BCUT2D eigenvalue weighted by atomic mass is 19.4. The van der Waals surface area contributed by atoms with Gasteiger partial charge in [0.2, 0.25) is 0 Å². The van der Waals surface area contributed by atoms with Crippen molar-refractivity contribution in [3.8, 4) is 5.69 Å². The number of benzene rings is 2. The van der Waals surface area contributed by atoms with Crippen molar-refractivity contribution in [1.29, 1.82) is 0 Å². The van der Waals surface area contributed by atoms with Crippen molar-refractivity contribution >= 4 is 11.6 Å². The van der Waals surface area contributed by atoms with E-state index in [0.717, 1.165) is 28.9 Å². The van der Waals surface area contributed by atoms with Gasteiger partial charge in [0, 0.05) is 0 Å². The number of anilines is 1. The second-order valence-corrected chi connectivity index (χ2v) is 6.49. The number of hydrogen-bond donors (Lipinski definition) is 1. The van der Waals surface area contributed by atoms with Gasteiger partial charge < -0.3 is 5.32 Å². The van der Waals surface area contributed by atoms with Crippen LogP contribution in [0.2, 0.25) is 0 Å². The van der Waals surface area contributed by atoms with E-state index in [1.54, 1.807) is 11.6 Å². The second-order valence-electron chi connectivity index (χ2n) is 6.49. The van der Waals surface area contributed by atoms with Gasteiger partial charge in [-0.05, 0) is 56.2 Å². The lowest BCUT2D eigenvalue weighted by molar-refractivity contribution is -0.138. The molecule has 3 rings (SSSR count). The summed E-state index contributed by atoms with van der Waals surface area (Å²) in [6.45, 7) is 5.53. The molecule has 0 saturated heterocycles. The molecule has 0 aliphatic rings. The van der Waals surface area contributed by atoms with Crippen LogP contribution in [0.5, 0.6) is 0 Å². The maximum atomic E-state index is 13.2. The average molecular weight is 391 g/mol. The van der Waals surface area contributed by atoms with Gasteiger partial charge in [-0.25, -0.2) is 9.07 Å². The zero-order valence-electron chi connectivity index (χ0n) is 15.4. The van der Waals surface area contributed by atoms with Gasteiger partial charge in [-0.2, -0.15) is 18.3 Å². The molecule has 0 atom stereocenters. The second kappa shape index (κ2) is 7.10. The van der Waals surface area contributed by atoms with Gasteiger partial charge in [-0.15, -0.1) is 0 Å². The van der Waals surface area contributed by atoms with Crippen LogP contribution < -0.4 is 5.32 Å². The van der Waals surface area contributed by atoms with Crippen LogP contribution in [-0.2, 0) is 6.18 Å². The first-order valence-electron chi connectivity index (χ1n) is 8.38. The Hall–Kier alpha value is -3.16. The Morgan fingerprint density at radius 2 is 1.79 bits per heavy atom. The van der Waals surface area contributed by atoms with E-state index >= 15 is 0 Å². The minimum Gasteiger partial charge on any atom is -0.319 e. The Bertz CT molecular complexity index is 1050. The van der Waals surface area contributed by atoms with Crippen molar-refractivity contribution in [2.24, 2.45) is 0 Å². The number of hydrogen-bond acceptors (Lipinski definition) is 2. The molecule has 0 unspecified atom stereocenters. The van der Waals surface area contributed by atoms with Gasteiger partial charge in [-0.3, -0.25) is 4.79 Å². The first-order chi connectivity index (χ1) is 13.1. The molecule has 28 heavy (non-hydrogen) atoms. The monoisotopic (exact) mass is 391 g/mol. The molecule has 8 heteroatoms. The lowest BCUT2D eigenvalue weighted by Crippen LogP contribution is -2.19. The fourth-order valence-electron chi connectivity index (χ4n) is 2.86. The zero-order valence-corrected chi connectivity index (χ0v) is 15.4. The fourth-order valence-corrected chi connectivity index (χ4v) is 2.86. The molecule has 0 spiro atoms. The van der Waals surface area contributed by atoms with Gasteiger partial charge in [0.25, 0.3) is 5.91 Å². The minimum absolute atomic E-state index is 0.267. The van der Waals surface area contributed by atoms with E-state index in [2.05, 4.69) is 10.4 Å². The van der Waals surface area contributed by atoms with Crippen molar-refractivity contribution in [2.75, 3.05) is 5.32 Å². The van der Waals surface area contributed by atoms with Crippen LogP contribution in [0.15, 0.2) is 42.6 Å². The number of halogens is 4. The van der Waals surface area contributed by atoms with E-state index in [9.17, 15) is 22.4 Å². The normalized spacial score (nSPS) is 11.5. The van der Waals surface area contributed by atoms with Gasteiger partial charge >= 0.3 is 6.18 Å². The molecule has 3 aromatic rings. The number of aryl methyl sites for hydroxylation is 2. The third-order valence-corrected chi connectivity index (χ3v) is 4.38. The van der Waals surface area contributed by atoms with Crippen LogP contribution in [0.3, 0.4) is 0 Å². The smallest absolute Gasteiger partial charge is 0.319 e. The predicted octanol–water partition coefficient (Wildman–Crippen LogP) is 5.21. The first kappa shape index (κ1) is 19.6. The highest BCUT2D eigenvalue weighted by molar-refractivity contribution is 6.05. The third-order valence-electron chi connectivity index (χ3n) is 4.38. The number of nitrogens with zero attached hydrogens (tertiary/aromatic N) is 2. The fraction of sp³-hybridized carbons (Fsp3) is 0.200. The Morgan fingerprint density at radius 3 is 2.46 bits per heavy atom. The number of alkyl halides is 3. The van der Waals surface area contributed by atoms with E-state index in [0.29, 0.717) is 11.8 Å². The number of carbonyl (C=O) groups excluding carboxylic acids is 1. The van der Waals surface area contributed by atoms with Gasteiger partial charge in [0.1, 0.15) is 5.82 Å². The summed E-state index contributed by atoms with van der Waals surface area (Å²) >= 11 is 0. The molecule has 0 fully saturated rings. The summed E-state index contributed by atoms with van der Waals surface area (Å²) in [5, 5.41) is 6.68. The Balaban J connectivity index is 1.95. The summed E-state index contributed by atoms with van der Waals surface area (Å²) < 4.78 is 54.3. The van der Waals surface area contributed by atoms with E-state index in [1.807, 2.05) is 32.0 Å². The summed E-state index contributed by atoms with van der Waals surface area (Å²) in [6.07, 6.45) is -3.49. The lowest BCUT2D eigenvalue weighted by Gasteiger charge is -2.13. The molecule has 0 aliphatic carbocycles. The molecular weight excluding hydrogens is 374 g/mol. The van der Waals surface area contributed by atoms with E-state index in [1.165, 1.54) is 6.20 Å². The topological polar surface area (TPSA) is 46.9 Å². The number of nitrogens with one attached hydrogen (secondary N) is 1. The molecule has 1 heterocycles. The molecule has 0 saturated carbocycles. The van der Waals surface area contributed by atoms with Gasteiger partial charge in [0.15, 0.2) is 0 Å². The summed E-state index contributed by atoms with van der Waals surface area (Å²) in [6, 6.07) is 7.74. The number of carbonyl (C=O) groups is 1. The molecular formula is C20H17F4N3O. The van der Waals surface area contributed by atoms with Crippen molar-refractivity contribution in [3.63, 3.8) is 0 Å². The molecule has 2 aromatic carbocycles. The van der Waals surface area contributed by atoms with Gasteiger partial charge in [-0.1, -0.05) is 12.1 Å². The number of rotatable bonds is 3. The Labute approximate surface area is 158 Å². The van der Waals surface area contributed by atoms with E-state index in [4.69, 9.17) is 0 Å². The van der Waals surface area contributed by atoms with Gasteiger partial charge in [0.05, 0.1) is 34.4 Å². The molecule has 1 amide bonds. The quantitative estimate of drug-likeness (QED) is 0.623. The molecule has 0 radical (unpaired) electrons. The SMILES string of the molecule is Cc1ccc(C)c(-n2ncc(NC(=O)c3ccc(F)cc3C(F)(F)F)c2C)c1. The van der Waals surface area contributed by atoms with Crippen molar-refractivity contribution in [1.82, 2.24) is 9.78 Å². The molecule has 146 valence electrons. The van der Waals surface area contributed by atoms with Crippen LogP contribution in [0.1, 0.15) is 32.7 Å². The van der Waals surface area contributed by atoms with Crippen LogP contribution in [0, 0.1) is 26.6 Å². The molecule has 1 aromatic heterocycles. The maximum Gasteiger partial charge on any atom is 0.417 e. The van der Waals surface area contributed by atoms with E-state index < -0.39 is 29.0 Å². The molecule has 0 bridgehead atoms. The van der Waals surface area contributed by atoms with E-state index in [-0.39, 0.29) is 5.69 Å². The summed E-state index contributed by atoms with van der Waals surface area (Å²) in [7, 11) is 0. The van der Waals surface area contributed by atoms with Crippen molar-refractivity contribution < 1.29 is 22.4 Å². The highest BCUT2D eigenvalue weighted by Gasteiger charge is 2.35. The molecule has 1 N–H and O–H groups in total. The Morgan fingerprint density at radius 1 is 1.07 bits per heavy atom. The summed E-state index contributed by atoms with van der Waals surface area (Å²) in [4.78, 5) is 12.4. The van der Waals surface area contributed by atoms with Crippen LogP contribution in [0.4, 0.5) is 23.2 Å². The maximum absolute atomic E-state index is 13.2. The third kappa shape index (κ3) is 3.76. The minimum atomic E-state index is -4.85. The predicted molar refractivity (Wildman–Crippen MR) is 97.1 cm³/mol. The van der Waals surface area contributed by atoms with Crippen LogP contribution in [-0.4, -0.2) is 15.7 Å². The summed E-state index contributed by atoms with van der Waals surface area (Å²) in [5.74, 6) is -2.06. The van der Waals surface area contributed by atoms with Crippen LogP contribution >= 0.6 is 0 Å². The van der Waals surface area contributed by atoms with Crippen LogP contribution in [0.25, 0.3) is 5.69 Å². The highest BCUT2D eigenvalue weighted by Crippen LogP contribution is 2.33.